The molecule has 6 nitrogen and oxygen atoms in total. The maximum absolute atomic E-state index is 12.6. The summed E-state index contributed by atoms with van der Waals surface area (Å²) < 4.78 is 36.6. The van der Waals surface area contributed by atoms with Gasteiger partial charge in [0.1, 0.15) is 5.75 Å². The maximum atomic E-state index is 12.6. The number of ether oxygens (including phenoxy) is 1. The first-order chi connectivity index (χ1) is 12.6. The zero-order valence-corrected chi connectivity index (χ0v) is 16.7. The van der Waals surface area contributed by atoms with Crippen LogP contribution in [0.4, 0.5) is 0 Å². The van der Waals surface area contributed by atoms with E-state index in [1.54, 1.807) is 0 Å². The Hall–Kier alpha value is -1.09. The van der Waals surface area contributed by atoms with Crippen molar-refractivity contribution in [3.05, 3.63) is 24.3 Å². The van der Waals surface area contributed by atoms with Crippen LogP contribution in [-0.4, -0.2) is 40.1 Å². The van der Waals surface area contributed by atoms with Crippen molar-refractivity contribution in [3.8, 4) is 5.75 Å². The van der Waals surface area contributed by atoms with Crippen molar-refractivity contribution < 1.29 is 27.6 Å². The van der Waals surface area contributed by atoms with E-state index < -0.39 is 15.7 Å². The Morgan fingerprint density at radius 1 is 1.22 bits per heavy atom. The quantitative estimate of drug-likeness (QED) is 0.445. The number of hydrogen-bond donors (Lipinski definition) is 2. The average molecular weight is 413 g/mol. The van der Waals surface area contributed by atoms with Crippen LogP contribution in [0.3, 0.4) is 0 Å². The van der Waals surface area contributed by atoms with Gasteiger partial charge in [-0.25, -0.2) is 0 Å². The summed E-state index contributed by atoms with van der Waals surface area (Å²) >= 11 is 1.86. The molecule has 3 fully saturated rings. The third kappa shape index (κ3) is 3.64. The van der Waals surface area contributed by atoms with Gasteiger partial charge in [0.15, 0.2) is 0 Å². The van der Waals surface area contributed by atoms with Gasteiger partial charge in [-0.3, -0.25) is 9.35 Å². The van der Waals surface area contributed by atoms with Crippen molar-refractivity contribution in [3.63, 3.8) is 0 Å². The highest BCUT2D eigenvalue weighted by atomic mass is 32.2. The lowest BCUT2D eigenvalue weighted by Gasteiger charge is -2.36. The summed E-state index contributed by atoms with van der Waals surface area (Å²) in [4.78, 5) is 12.4. The summed E-state index contributed by atoms with van der Waals surface area (Å²) in [6.45, 7) is 1.95. The zero-order valence-electron chi connectivity index (χ0n) is 15.1. The number of benzene rings is 1. The van der Waals surface area contributed by atoms with E-state index in [4.69, 9.17) is 9.29 Å². The molecule has 148 valence electrons. The number of thioether (sulfide) groups is 1. The van der Waals surface area contributed by atoms with Crippen molar-refractivity contribution in [2.45, 2.75) is 60.0 Å². The largest absolute Gasteiger partial charge is 0.426 e. The Balaban J connectivity index is 1.38. The minimum absolute atomic E-state index is 0.163. The second-order valence-corrected chi connectivity index (χ2v) is 11.1. The zero-order chi connectivity index (χ0) is 19.4. The van der Waals surface area contributed by atoms with Gasteiger partial charge in [-0.05, 0) is 68.7 Å². The number of carbonyl (C=O) groups excluding carboxylic acids is 1. The van der Waals surface area contributed by atoms with E-state index in [-0.39, 0.29) is 27.8 Å². The van der Waals surface area contributed by atoms with Crippen molar-refractivity contribution >= 4 is 27.8 Å². The molecule has 2 saturated heterocycles. The number of aliphatic hydroxyl groups is 1. The first-order valence-corrected chi connectivity index (χ1v) is 11.7. The number of hydrogen-bond acceptors (Lipinski definition) is 6. The van der Waals surface area contributed by atoms with Crippen LogP contribution in [0.15, 0.2) is 29.2 Å². The topological polar surface area (TPSA) is 101 Å². The molecule has 6 unspecified atom stereocenters. The maximum Gasteiger partial charge on any atom is 0.315 e. The third-order valence-electron chi connectivity index (χ3n) is 6.42. The molecule has 2 heterocycles. The molecule has 8 heteroatoms. The lowest BCUT2D eigenvalue weighted by Crippen LogP contribution is -2.40. The molecule has 2 aliphatic heterocycles. The van der Waals surface area contributed by atoms with Gasteiger partial charge in [-0.1, -0.05) is 6.42 Å². The molecule has 0 radical (unpaired) electrons. The Morgan fingerprint density at radius 2 is 1.93 bits per heavy atom. The summed E-state index contributed by atoms with van der Waals surface area (Å²) in [5, 5.41) is 11.2. The van der Waals surface area contributed by atoms with Crippen LogP contribution in [0.2, 0.25) is 0 Å². The average Bonchev–Trinajstić information content (AvgIpc) is 3.27. The molecule has 0 aromatic heterocycles. The highest BCUT2D eigenvalue weighted by molar-refractivity contribution is 8.01. The van der Waals surface area contributed by atoms with Crippen molar-refractivity contribution in [2.75, 3.05) is 0 Å². The van der Waals surface area contributed by atoms with E-state index in [1.165, 1.54) is 24.3 Å². The molecular formula is C19H24O6S2. The van der Waals surface area contributed by atoms with Crippen LogP contribution >= 0.6 is 11.8 Å². The number of fused-ring (bicyclic) bond motifs is 2. The highest BCUT2D eigenvalue weighted by Gasteiger charge is 2.55. The molecule has 27 heavy (non-hydrogen) atoms. The Bertz CT molecular complexity index is 832. The molecule has 1 aromatic carbocycles. The summed E-state index contributed by atoms with van der Waals surface area (Å²) in [7, 11) is -4.26. The fourth-order valence-electron chi connectivity index (χ4n) is 5.09. The van der Waals surface area contributed by atoms with Gasteiger partial charge in [-0.15, -0.1) is 0 Å². The van der Waals surface area contributed by atoms with Gasteiger partial charge in [0.05, 0.1) is 16.4 Å². The summed E-state index contributed by atoms with van der Waals surface area (Å²) in [5.74, 6) is 0.617. The fraction of sp³-hybridized carbons (Fsp3) is 0.632. The van der Waals surface area contributed by atoms with Gasteiger partial charge < -0.3 is 9.84 Å². The molecule has 6 atom stereocenters. The summed E-state index contributed by atoms with van der Waals surface area (Å²) in [5.41, 5.74) is -0.583. The Morgan fingerprint density at radius 3 is 2.44 bits per heavy atom. The van der Waals surface area contributed by atoms with Crippen LogP contribution < -0.4 is 4.74 Å². The molecule has 1 saturated carbocycles. The number of rotatable bonds is 4. The molecule has 1 aromatic rings. The molecule has 2 N–H and O–H groups in total. The van der Waals surface area contributed by atoms with Crippen molar-refractivity contribution in [1.82, 2.24) is 0 Å². The number of esters is 1. The summed E-state index contributed by atoms with van der Waals surface area (Å²) in [6.07, 6.45) is 4.71. The fourth-order valence-corrected chi connectivity index (χ4v) is 7.58. The first kappa shape index (κ1) is 19.2. The first-order valence-electron chi connectivity index (χ1n) is 9.32. The predicted molar refractivity (Wildman–Crippen MR) is 101 cm³/mol. The van der Waals surface area contributed by atoms with Crippen LogP contribution in [0.5, 0.6) is 5.75 Å². The van der Waals surface area contributed by atoms with Gasteiger partial charge in [0.25, 0.3) is 10.1 Å². The monoisotopic (exact) mass is 412 g/mol. The van der Waals surface area contributed by atoms with Crippen LogP contribution in [-0.2, 0) is 14.9 Å². The molecule has 1 aliphatic carbocycles. The van der Waals surface area contributed by atoms with E-state index in [0.717, 1.165) is 32.1 Å². The van der Waals surface area contributed by atoms with Gasteiger partial charge in [-0.2, -0.15) is 20.2 Å². The lowest BCUT2D eigenvalue weighted by atomic mass is 9.71. The van der Waals surface area contributed by atoms with E-state index >= 15 is 0 Å². The van der Waals surface area contributed by atoms with E-state index in [0.29, 0.717) is 17.1 Å². The van der Waals surface area contributed by atoms with Crippen molar-refractivity contribution in [2.24, 2.45) is 17.8 Å². The third-order valence-corrected chi connectivity index (χ3v) is 9.05. The van der Waals surface area contributed by atoms with Gasteiger partial charge in [0.2, 0.25) is 0 Å². The number of carbonyl (C=O) groups is 1. The van der Waals surface area contributed by atoms with Gasteiger partial charge in [0, 0.05) is 10.5 Å². The molecule has 0 amide bonds. The minimum Gasteiger partial charge on any atom is -0.426 e. The Labute approximate surface area is 163 Å². The smallest absolute Gasteiger partial charge is 0.315 e. The van der Waals surface area contributed by atoms with E-state index in [2.05, 4.69) is 0 Å². The summed E-state index contributed by atoms with van der Waals surface area (Å²) in [6, 6.07) is 5.18. The predicted octanol–water partition coefficient (Wildman–Crippen LogP) is 2.90. The normalized spacial score (nSPS) is 38.3. The molecule has 4 rings (SSSR count). The molecule has 2 bridgehead atoms. The van der Waals surface area contributed by atoms with E-state index in [1.807, 2.05) is 18.7 Å². The van der Waals surface area contributed by atoms with Gasteiger partial charge >= 0.3 is 5.97 Å². The van der Waals surface area contributed by atoms with Crippen LogP contribution in [0, 0.1) is 17.8 Å². The second-order valence-electron chi connectivity index (χ2n) is 8.18. The highest BCUT2D eigenvalue weighted by Crippen LogP contribution is 2.58. The molecule has 3 aliphatic rings. The second kappa shape index (κ2) is 6.76. The molecule has 0 spiro atoms. The molecular weight excluding hydrogens is 388 g/mol. The van der Waals surface area contributed by atoms with Crippen LogP contribution in [0.1, 0.15) is 39.0 Å². The Kier molecular flexibility index (Phi) is 4.81. The SMILES string of the molecule is CC1(O)CCCC1C1CC2SC1CC2C(=O)Oc1ccc(S(=O)(=O)O)cc1. The van der Waals surface area contributed by atoms with Crippen molar-refractivity contribution in [1.29, 1.82) is 0 Å². The lowest BCUT2D eigenvalue weighted by molar-refractivity contribution is -0.139. The van der Waals surface area contributed by atoms with E-state index in [9.17, 15) is 18.3 Å². The standard InChI is InChI=1S/C19H24O6S2/c1-19(21)8-2-3-15(19)13-9-17-14(10-16(13)26-17)18(20)25-11-4-6-12(7-5-11)27(22,23)24/h4-7,13-17,21H,2-3,8-10H2,1H3,(H,22,23,24). The minimum atomic E-state index is -4.26. The van der Waals surface area contributed by atoms with Crippen LogP contribution in [0.25, 0.3) is 0 Å².